The highest BCUT2D eigenvalue weighted by molar-refractivity contribution is 7.70. The molecule has 0 unspecified atom stereocenters. The van der Waals surface area contributed by atoms with Crippen LogP contribution >= 0.6 is 7.14 Å². The van der Waals surface area contributed by atoms with E-state index < -0.39 is 7.14 Å². The first kappa shape index (κ1) is 23.6. The third kappa shape index (κ3) is 6.22. The molecule has 3 rings (SSSR count). The number of aromatic nitrogens is 2. The lowest BCUT2D eigenvalue weighted by molar-refractivity contribution is 0.416. The Balaban J connectivity index is 1.74. The maximum atomic E-state index is 12.6. The van der Waals surface area contributed by atoms with Crippen molar-refractivity contribution < 1.29 is 4.57 Å². The summed E-state index contributed by atoms with van der Waals surface area (Å²) < 4.78 is 12.6. The minimum absolute atomic E-state index is 0.441. The van der Waals surface area contributed by atoms with Crippen LogP contribution in [0.15, 0.2) is 54.7 Å². The van der Waals surface area contributed by atoms with Crippen LogP contribution in [0.25, 0.3) is 0 Å². The monoisotopic (exact) mass is 453 g/mol. The third-order valence-electron chi connectivity index (χ3n) is 4.98. The van der Waals surface area contributed by atoms with E-state index in [4.69, 9.17) is 5.73 Å². The summed E-state index contributed by atoms with van der Waals surface area (Å²) in [5.41, 5.74) is 9.54. The Morgan fingerprint density at radius 2 is 1.75 bits per heavy atom. The number of likely N-dealkylation sites (N-methyl/N-ethyl adjacent to an activating group) is 2. The summed E-state index contributed by atoms with van der Waals surface area (Å²) in [6.45, 7) is 5.34. The van der Waals surface area contributed by atoms with E-state index in [2.05, 4.69) is 44.5 Å². The molecular weight excluding hydrogens is 421 g/mol. The van der Waals surface area contributed by atoms with Crippen LogP contribution in [0.5, 0.6) is 0 Å². The van der Waals surface area contributed by atoms with E-state index in [1.807, 2.05) is 49.5 Å². The van der Waals surface area contributed by atoms with Crippen LogP contribution in [0.4, 0.5) is 34.5 Å². The zero-order valence-electron chi connectivity index (χ0n) is 19.3. The van der Waals surface area contributed by atoms with Crippen molar-refractivity contribution >= 4 is 47.0 Å². The van der Waals surface area contributed by atoms with Gasteiger partial charge in [-0.15, -0.1) is 0 Å². The molecule has 0 atom stereocenters. The van der Waals surface area contributed by atoms with Crippen molar-refractivity contribution in [1.82, 2.24) is 14.9 Å². The number of hydrogen-bond donors (Lipinski definition) is 3. The second-order valence-corrected chi connectivity index (χ2v) is 11.6. The highest BCUT2D eigenvalue weighted by atomic mass is 31.2. The van der Waals surface area contributed by atoms with Crippen LogP contribution in [0.3, 0.4) is 0 Å². The predicted molar refractivity (Wildman–Crippen MR) is 137 cm³/mol. The lowest BCUT2D eigenvalue weighted by Gasteiger charge is -2.23. The van der Waals surface area contributed by atoms with Gasteiger partial charge in [0.15, 0.2) is 0 Å². The van der Waals surface area contributed by atoms with Crippen molar-refractivity contribution in [2.24, 2.45) is 0 Å². The van der Waals surface area contributed by atoms with Gasteiger partial charge >= 0.3 is 0 Å². The summed E-state index contributed by atoms with van der Waals surface area (Å²) in [6, 6.07) is 15.2. The minimum atomic E-state index is -2.43. The quantitative estimate of drug-likeness (QED) is 0.332. The zero-order chi connectivity index (χ0) is 23.3. The molecule has 1 aromatic heterocycles. The average molecular weight is 454 g/mol. The molecule has 0 saturated carbocycles. The molecule has 0 spiro atoms. The molecule has 0 aliphatic heterocycles. The molecule has 0 fully saturated rings. The SMILES string of the molecule is CN(C)CCN(C)c1ccc(Nc2nccc(Nc3ccccc3P(C)(C)=O)n2)cc1N. The van der Waals surface area contributed by atoms with Crippen LogP contribution in [-0.4, -0.2) is 62.4 Å². The number of nitrogens with zero attached hydrogens (tertiary/aromatic N) is 4. The van der Waals surface area contributed by atoms with E-state index >= 15 is 0 Å². The van der Waals surface area contributed by atoms with Gasteiger partial charge in [0.2, 0.25) is 5.95 Å². The van der Waals surface area contributed by atoms with Crippen LogP contribution in [0, 0.1) is 0 Å². The van der Waals surface area contributed by atoms with Gasteiger partial charge in [-0.25, -0.2) is 4.98 Å². The number of nitrogen functional groups attached to an aromatic ring is 1. The molecule has 8 nitrogen and oxygen atoms in total. The normalized spacial score (nSPS) is 11.4. The first-order valence-corrected chi connectivity index (χ1v) is 13.0. The zero-order valence-corrected chi connectivity index (χ0v) is 20.2. The van der Waals surface area contributed by atoms with Crippen molar-refractivity contribution in [3.8, 4) is 0 Å². The maximum Gasteiger partial charge on any atom is 0.229 e. The van der Waals surface area contributed by atoms with Gasteiger partial charge in [-0.2, -0.15) is 4.98 Å². The summed E-state index contributed by atoms with van der Waals surface area (Å²) in [4.78, 5) is 13.1. The summed E-state index contributed by atoms with van der Waals surface area (Å²) in [5.74, 6) is 1.05. The topological polar surface area (TPSA) is 99.4 Å². The molecule has 0 saturated heterocycles. The fraction of sp³-hybridized carbons (Fsp3) is 0.304. The Kier molecular flexibility index (Phi) is 7.38. The number of anilines is 6. The molecule has 0 amide bonds. The number of hydrogen-bond acceptors (Lipinski definition) is 8. The van der Waals surface area contributed by atoms with Gasteiger partial charge < -0.3 is 30.7 Å². The van der Waals surface area contributed by atoms with Gasteiger partial charge in [-0.1, -0.05) is 12.1 Å². The number of rotatable bonds is 9. The van der Waals surface area contributed by atoms with Gasteiger partial charge in [0.1, 0.15) is 13.0 Å². The lowest BCUT2D eigenvalue weighted by Crippen LogP contribution is -2.28. The van der Waals surface area contributed by atoms with E-state index in [-0.39, 0.29) is 0 Å². The summed E-state index contributed by atoms with van der Waals surface area (Å²) in [7, 11) is 3.70. The predicted octanol–water partition coefficient (Wildman–Crippen LogP) is 3.79. The Morgan fingerprint density at radius 1 is 1.00 bits per heavy atom. The number of nitrogens with one attached hydrogen (secondary N) is 2. The Bertz CT molecular complexity index is 1110. The molecule has 9 heteroatoms. The van der Waals surface area contributed by atoms with Crippen LogP contribution < -0.4 is 26.6 Å². The second-order valence-electron chi connectivity index (χ2n) is 8.38. The standard InChI is InChI=1S/C23H32N7OP/c1-29(2)14-15-30(3)20-11-10-17(16-18(20)24)26-23-25-13-12-22(28-23)27-19-8-6-7-9-21(19)32(4,5)31/h6-13,16H,14-15,24H2,1-5H3,(H2,25,26,27,28). The van der Waals surface area contributed by atoms with E-state index in [0.29, 0.717) is 17.5 Å². The van der Waals surface area contributed by atoms with Crippen molar-refractivity contribution in [3.63, 3.8) is 0 Å². The van der Waals surface area contributed by atoms with Crippen molar-refractivity contribution in [1.29, 1.82) is 0 Å². The Hall–Kier alpha value is -3.09. The van der Waals surface area contributed by atoms with E-state index in [0.717, 1.165) is 35.5 Å². The summed E-state index contributed by atoms with van der Waals surface area (Å²) in [6.07, 6.45) is 1.67. The van der Waals surface area contributed by atoms with Gasteiger partial charge in [-0.05, 0) is 63.8 Å². The largest absolute Gasteiger partial charge is 0.397 e. The number of para-hydroxylation sites is 1. The molecule has 0 aliphatic rings. The fourth-order valence-electron chi connectivity index (χ4n) is 3.25. The van der Waals surface area contributed by atoms with Gasteiger partial charge in [0, 0.05) is 37.3 Å². The van der Waals surface area contributed by atoms with Gasteiger partial charge in [0.05, 0.1) is 17.1 Å². The van der Waals surface area contributed by atoms with Crippen LogP contribution in [0.2, 0.25) is 0 Å². The minimum Gasteiger partial charge on any atom is -0.397 e. The first-order valence-electron chi connectivity index (χ1n) is 10.4. The fourth-order valence-corrected chi connectivity index (χ4v) is 4.41. The molecule has 1 heterocycles. The highest BCUT2D eigenvalue weighted by Crippen LogP contribution is 2.38. The average Bonchev–Trinajstić information content (AvgIpc) is 2.72. The molecule has 3 aromatic rings. The van der Waals surface area contributed by atoms with Gasteiger partial charge in [-0.3, -0.25) is 0 Å². The molecule has 0 aliphatic carbocycles. The molecule has 170 valence electrons. The maximum absolute atomic E-state index is 12.6. The molecule has 32 heavy (non-hydrogen) atoms. The number of benzene rings is 2. The summed E-state index contributed by atoms with van der Waals surface area (Å²) >= 11 is 0. The van der Waals surface area contributed by atoms with E-state index in [9.17, 15) is 4.57 Å². The molecular formula is C23H32N7OP. The number of nitrogens with two attached hydrogens (primary N) is 1. The second kappa shape index (κ2) is 10.0. The lowest BCUT2D eigenvalue weighted by atomic mass is 10.2. The molecule has 0 bridgehead atoms. The van der Waals surface area contributed by atoms with Gasteiger partial charge in [0.25, 0.3) is 0 Å². The third-order valence-corrected chi connectivity index (χ3v) is 6.53. The van der Waals surface area contributed by atoms with Crippen molar-refractivity contribution in [2.45, 2.75) is 0 Å². The first-order chi connectivity index (χ1) is 15.1. The summed E-state index contributed by atoms with van der Waals surface area (Å²) in [5, 5.41) is 7.26. The van der Waals surface area contributed by atoms with Crippen molar-refractivity contribution in [2.75, 3.05) is 68.8 Å². The van der Waals surface area contributed by atoms with Crippen LogP contribution in [-0.2, 0) is 4.57 Å². The molecule has 4 N–H and O–H groups in total. The van der Waals surface area contributed by atoms with E-state index in [1.165, 1.54) is 0 Å². The smallest absolute Gasteiger partial charge is 0.229 e. The van der Waals surface area contributed by atoms with E-state index in [1.54, 1.807) is 25.6 Å². The van der Waals surface area contributed by atoms with Crippen LogP contribution in [0.1, 0.15) is 0 Å². The Labute approximate surface area is 190 Å². The molecule has 0 radical (unpaired) electrons. The Morgan fingerprint density at radius 3 is 2.44 bits per heavy atom. The molecule has 2 aromatic carbocycles. The van der Waals surface area contributed by atoms with Crippen molar-refractivity contribution in [3.05, 3.63) is 54.7 Å². The highest BCUT2D eigenvalue weighted by Gasteiger charge is 2.16.